The molecule has 1 N–H and O–H groups in total. The molecule has 1 aliphatic rings. The van der Waals surface area contributed by atoms with Crippen LogP contribution in [0.15, 0.2) is 11.4 Å². The summed E-state index contributed by atoms with van der Waals surface area (Å²) < 4.78 is 5.30. The average Bonchev–Trinajstić information content (AvgIpc) is 2.74. The number of ether oxygens (including phenoxy) is 1. The van der Waals surface area contributed by atoms with Gasteiger partial charge in [0, 0.05) is 0 Å². The number of thiophene rings is 1. The topological polar surface area (TPSA) is 29.5 Å². The lowest BCUT2D eigenvalue weighted by atomic mass is 9.74. The molecule has 0 bridgehead atoms. The quantitative estimate of drug-likeness (QED) is 0.887. The van der Waals surface area contributed by atoms with Crippen molar-refractivity contribution in [3.63, 3.8) is 0 Å². The second-order valence-electron chi connectivity index (χ2n) is 5.48. The molecule has 3 heteroatoms. The van der Waals surface area contributed by atoms with Crippen molar-refractivity contribution in [2.45, 2.75) is 39.2 Å². The minimum absolute atomic E-state index is 0.352. The van der Waals surface area contributed by atoms with E-state index in [2.05, 4.69) is 13.8 Å². The third kappa shape index (κ3) is 2.83. The Labute approximate surface area is 108 Å². The van der Waals surface area contributed by atoms with Crippen molar-refractivity contribution in [2.75, 3.05) is 7.11 Å². The summed E-state index contributed by atoms with van der Waals surface area (Å²) in [5, 5.41) is 12.5. The Morgan fingerprint density at radius 1 is 1.29 bits per heavy atom. The molecule has 0 spiro atoms. The Bertz CT molecular complexity index is 351. The summed E-state index contributed by atoms with van der Waals surface area (Å²) in [4.78, 5) is 0.999. The second-order valence-corrected chi connectivity index (χ2v) is 6.42. The number of hydrogen-bond acceptors (Lipinski definition) is 3. The van der Waals surface area contributed by atoms with Gasteiger partial charge < -0.3 is 9.84 Å². The number of aliphatic hydroxyl groups is 1. The molecule has 2 nitrogen and oxygen atoms in total. The van der Waals surface area contributed by atoms with Crippen molar-refractivity contribution >= 4 is 11.3 Å². The van der Waals surface area contributed by atoms with Crippen LogP contribution < -0.4 is 4.74 Å². The van der Waals surface area contributed by atoms with Crippen LogP contribution in [-0.2, 0) is 0 Å². The number of rotatable bonds is 3. The summed E-state index contributed by atoms with van der Waals surface area (Å²) in [7, 11) is 1.67. The normalized spacial score (nSPS) is 31.2. The van der Waals surface area contributed by atoms with Crippen molar-refractivity contribution < 1.29 is 9.84 Å². The smallest absolute Gasteiger partial charge is 0.135 e. The largest absolute Gasteiger partial charge is 0.495 e. The van der Waals surface area contributed by atoms with E-state index in [0.29, 0.717) is 5.92 Å². The highest BCUT2D eigenvalue weighted by molar-refractivity contribution is 7.10. The van der Waals surface area contributed by atoms with Crippen LogP contribution in [0.3, 0.4) is 0 Å². The molecular weight excluding hydrogens is 232 g/mol. The molecule has 3 atom stereocenters. The molecule has 0 aliphatic heterocycles. The molecule has 1 fully saturated rings. The molecule has 1 heterocycles. The summed E-state index contributed by atoms with van der Waals surface area (Å²) in [6.07, 6.45) is 3.21. The van der Waals surface area contributed by atoms with Crippen molar-refractivity contribution in [1.29, 1.82) is 0 Å². The van der Waals surface area contributed by atoms with Gasteiger partial charge >= 0.3 is 0 Å². The van der Waals surface area contributed by atoms with Crippen LogP contribution >= 0.6 is 11.3 Å². The summed E-state index contributed by atoms with van der Waals surface area (Å²) in [6, 6.07) is 1.94. The van der Waals surface area contributed by atoms with E-state index in [1.807, 2.05) is 11.4 Å². The van der Waals surface area contributed by atoms with E-state index in [-0.39, 0.29) is 6.10 Å². The van der Waals surface area contributed by atoms with Gasteiger partial charge in [-0.15, -0.1) is 11.3 Å². The van der Waals surface area contributed by atoms with Gasteiger partial charge in [-0.25, -0.2) is 0 Å². The van der Waals surface area contributed by atoms with Crippen LogP contribution in [0.2, 0.25) is 0 Å². The maximum Gasteiger partial charge on any atom is 0.135 e. The number of aliphatic hydroxyl groups excluding tert-OH is 1. The summed E-state index contributed by atoms with van der Waals surface area (Å²) >= 11 is 1.60. The van der Waals surface area contributed by atoms with Crippen molar-refractivity contribution in [1.82, 2.24) is 0 Å². The first-order valence-electron chi connectivity index (χ1n) is 6.41. The maximum atomic E-state index is 10.5. The van der Waals surface area contributed by atoms with E-state index in [1.165, 1.54) is 6.42 Å². The second kappa shape index (κ2) is 5.40. The fourth-order valence-corrected chi connectivity index (χ4v) is 4.11. The van der Waals surface area contributed by atoms with Crippen molar-refractivity contribution in [3.8, 4) is 5.75 Å². The maximum absolute atomic E-state index is 10.5. The Morgan fingerprint density at radius 2 is 1.94 bits per heavy atom. The minimum atomic E-state index is -0.352. The van der Waals surface area contributed by atoms with Gasteiger partial charge in [-0.1, -0.05) is 13.8 Å². The third-order valence-electron chi connectivity index (χ3n) is 3.81. The fourth-order valence-electron chi connectivity index (χ4n) is 3.17. The monoisotopic (exact) mass is 254 g/mol. The average molecular weight is 254 g/mol. The minimum Gasteiger partial charge on any atom is -0.495 e. The predicted octanol–water partition coefficient (Wildman–Crippen LogP) is 3.86. The zero-order valence-electron chi connectivity index (χ0n) is 10.8. The molecule has 0 aromatic carbocycles. The van der Waals surface area contributed by atoms with E-state index in [1.54, 1.807) is 18.4 Å². The van der Waals surface area contributed by atoms with E-state index in [0.717, 1.165) is 35.3 Å². The molecule has 0 saturated heterocycles. The Hall–Kier alpha value is -0.540. The molecule has 3 unspecified atom stereocenters. The highest BCUT2D eigenvalue weighted by Gasteiger charge is 2.31. The fraction of sp³-hybridized carbons (Fsp3) is 0.714. The van der Waals surface area contributed by atoms with Crippen molar-refractivity contribution in [2.24, 2.45) is 17.8 Å². The molecule has 96 valence electrons. The van der Waals surface area contributed by atoms with Crippen LogP contribution in [0.1, 0.15) is 44.1 Å². The van der Waals surface area contributed by atoms with E-state index < -0.39 is 0 Å². The Morgan fingerprint density at radius 3 is 2.53 bits per heavy atom. The van der Waals surface area contributed by atoms with Gasteiger partial charge in [0.15, 0.2) is 0 Å². The highest BCUT2D eigenvalue weighted by atomic mass is 32.1. The third-order valence-corrected chi connectivity index (χ3v) is 4.78. The van der Waals surface area contributed by atoms with E-state index in [9.17, 15) is 5.11 Å². The molecule has 1 saturated carbocycles. The first kappa shape index (κ1) is 12.9. The molecule has 2 rings (SSSR count). The van der Waals surface area contributed by atoms with Crippen LogP contribution in [0.5, 0.6) is 5.75 Å². The summed E-state index contributed by atoms with van der Waals surface area (Å²) in [6.45, 7) is 4.59. The van der Waals surface area contributed by atoms with Crippen LogP contribution in [0, 0.1) is 17.8 Å². The lowest BCUT2D eigenvalue weighted by Crippen LogP contribution is -2.24. The summed E-state index contributed by atoms with van der Waals surface area (Å²) in [5.74, 6) is 2.68. The van der Waals surface area contributed by atoms with Gasteiger partial charge in [0.1, 0.15) is 5.75 Å². The highest BCUT2D eigenvalue weighted by Crippen LogP contribution is 2.43. The first-order valence-corrected chi connectivity index (χ1v) is 7.29. The van der Waals surface area contributed by atoms with Crippen LogP contribution in [-0.4, -0.2) is 12.2 Å². The molecular formula is C14H22O2S. The first-order chi connectivity index (χ1) is 8.11. The SMILES string of the molecule is COc1ccsc1C(O)C1CC(C)CC(C)C1. The van der Waals surface area contributed by atoms with Crippen molar-refractivity contribution in [3.05, 3.63) is 16.3 Å². The molecule has 1 aromatic rings. The lowest BCUT2D eigenvalue weighted by molar-refractivity contribution is 0.0561. The van der Waals surface area contributed by atoms with Crippen LogP contribution in [0.25, 0.3) is 0 Å². The van der Waals surface area contributed by atoms with Gasteiger partial charge in [-0.05, 0) is 48.5 Å². The standard InChI is InChI=1S/C14H22O2S/c1-9-6-10(2)8-11(7-9)13(15)14-12(16-3)4-5-17-14/h4-5,9-11,13,15H,6-8H2,1-3H3. The van der Waals surface area contributed by atoms with E-state index >= 15 is 0 Å². The van der Waals surface area contributed by atoms with E-state index in [4.69, 9.17) is 4.74 Å². The molecule has 1 aliphatic carbocycles. The molecule has 0 radical (unpaired) electrons. The molecule has 0 amide bonds. The zero-order chi connectivity index (χ0) is 12.4. The summed E-state index contributed by atoms with van der Waals surface area (Å²) in [5.41, 5.74) is 0. The molecule has 1 aromatic heterocycles. The zero-order valence-corrected chi connectivity index (χ0v) is 11.7. The molecule has 17 heavy (non-hydrogen) atoms. The Kier molecular flexibility index (Phi) is 4.10. The van der Waals surface area contributed by atoms with Gasteiger partial charge in [-0.2, -0.15) is 0 Å². The van der Waals surface area contributed by atoms with Gasteiger partial charge in [0.25, 0.3) is 0 Å². The van der Waals surface area contributed by atoms with Gasteiger partial charge in [-0.3, -0.25) is 0 Å². The lowest BCUT2D eigenvalue weighted by Gasteiger charge is -2.34. The Balaban J connectivity index is 2.11. The number of hydrogen-bond donors (Lipinski definition) is 1. The van der Waals surface area contributed by atoms with Crippen LogP contribution in [0.4, 0.5) is 0 Å². The predicted molar refractivity (Wildman–Crippen MR) is 71.5 cm³/mol. The number of methoxy groups -OCH3 is 1. The van der Waals surface area contributed by atoms with Gasteiger partial charge in [0.05, 0.1) is 18.1 Å². The van der Waals surface area contributed by atoms with Gasteiger partial charge in [0.2, 0.25) is 0 Å².